The van der Waals surface area contributed by atoms with Gasteiger partial charge in [-0.05, 0) is 30.7 Å². The van der Waals surface area contributed by atoms with Crippen LogP contribution in [0.2, 0.25) is 0 Å². The van der Waals surface area contributed by atoms with E-state index < -0.39 is 10.0 Å². The van der Waals surface area contributed by atoms with Crippen molar-refractivity contribution in [3.8, 4) is 0 Å². The molecule has 0 amide bonds. The lowest BCUT2D eigenvalue weighted by atomic mass is 10.2. The predicted octanol–water partition coefficient (Wildman–Crippen LogP) is 1.93. The van der Waals surface area contributed by atoms with Gasteiger partial charge >= 0.3 is 0 Å². The lowest BCUT2D eigenvalue weighted by Gasteiger charge is -2.17. The molecule has 0 aliphatic rings. The van der Waals surface area contributed by atoms with Crippen molar-refractivity contribution in [3.05, 3.63) is 59.4 Å². The molecular formula is C15H19N3O2S. The average Bonchev–Trinajstić information content (AvgIpc) is 2.41. The summed E-state index contributed by atoms with van der Waals surface area (Å²) >= 11 is 0. The SMILES string of the molecule is Cc1cccc(CN(C)S(=O)(=O)Cc2ccccc2N)n1. The first-order chi connectivity index (χ1) is 9.88. The second-order valence-electron chi connectivity index (χ2n) is 4.98. The second-order valence-corrected chi connectivity index (χ2v) is 7.06. The summed E-state index contributed by atoms with van der Waals surface area (Å²) in [5.74, 6) is -0.109. The lowest BCUT2D eigenvalue weighted by molar-refractivity contribution is 0.461. The van der Waals surface area contributed by atoms with Gasteiger partial charge in [0, 0.05) is 18.4 Å². The third-order valence-corrected chi connectivity index (χ3v) is 4.95. The highest BCUT2D eigenvalue weighted by molar-refractivity contribution is 7.88. The monoisotopic (exact) mass is 305 g/mol. The van der Waals surface area contributed by atoms with Crippen molar-refractivity contribution in [1.29, 1.82) is 0 Å². The van der Waals surface area contributed by atoms with Crippen LogP contribution in [-0.2, 0) is 22.3 Å². The van der Waals surface area contributed by atoms with Crippen LogP contribution in [-0.4, -0.2) is 24.8 Å². The van der Waals surface area contributed by atoms with E-state index in [-0.39, 0.29) is 12.3 Å². The lowest BCUT2D eigenvalue weighted by Crippen LogP contribution is -2.28. The summed E-state index contributed by atoms with van der Waals surface area (Å²) in [6.07, 6.45) is 0. The Bertz CT molecular complexity index is 729. The zero-order valence-corrected chi connectivity index (χ0v) is 13.0. The number of hydrogen-bond acceptors (Lipinski definition) is 4. The fourth-order valence-electron chi connectivity index (χ4n) is 1.99. The number of para-hydroxylation sites is 1. The van der Waals surface area contributed by atoms with Gasteiger partial charge in [-0.3, -0.25) is 4.98 Å². The second kappa shape index (κ2) is 6.24. The molecule has 0 aliphatic carbocycles. The zero-order valence-electron chi connectivity index (χ0n) is 12.2. The number of nitrogens with zero attached hydrogens (tertiary/aromatic N) is 2. The van der Waals surface area contributed by atoms with Crippen LogP contribution in [0.4, 0.5) is 5.69 Å². The van der Waals surface area contributed by atoms with Gasteiger partial charge in [-0.25, -0.2) is 8.42 Å². The molecule has 0 saturated heterocycles. The Labute approximate surface area is 125 Å². The topological polar surface area (TPSA) is 76.3 Å². The Morgan fingerprint density at radius 2 is 1.86 bits per heavy atom. The molecule has 0 saturated carbocycles. The van der Waals surface area contributed by atoms with Gasteiger partial charge in [-0.15, -0.1) is 0 Å². The number of aryl methyl sites for hydroxylation is 1. The number of pyridine rings is 1. The fraction of sp³-hybridized carbons (Fsp3) is 0.267. The number of rotatable bonds is 5. The summed E-state index contributed by atoms with van der Waals surface area (Å²) in [6.45, 7) is 2.12. The molecule has 5 nitrogen and oxygen atoms in total. The quantitative estimate of drug-likeness (QED) is 0.856. The number of anilines is 1. The molecule has 0 fully saturated rings. The van der Waals surface area contributed by atoms with E-state index >= 15 is 0 Å². The number of hydrogen-bond donors (Lipinski definition) is 1. The van der Waals surface area contributed by atoms with Crippen molar-refractivity contribution in [1.82, 2.24) is 9.29 Å². The van der Waals surface area contributed by atoms with E-state index in [4.69, 9.17) is 5.73 Å². The summed E-state index contributed by atoms with van der Waals surface area (Å²) in [4.78, 5) is 4.32. The van der Waals surface area contributed by atoms with Crippen molar-refractivity contribution in [2.24, 2.45) is 0 Å². The van der Waals surface area contributed by atoms with E-state index in [0.717, 1.165) is 11.4 Å². The van der Waals surface area contributed by atoms with Gasteiger partial charge in [0.2, 0.25) is 10.0 Å². The van der Waals surface area contributed by atoms with Crippen LogP contribution in [0.15, 0.2) is 42.5 Å². The van der Waals surface area contributed by atoms with E-state index in [1.807, 2.05) is 25.1 Å². The Kier molecular flexibility index (Phi) is 4.59. The first kappa shape index (κ1) is 15.5. The third-order valence-electron chi connectivity index (χ3n) is 3.20. The van der Waals surface area contributed by atoms with Crippen molar-refractivity contribution in [2.45, 2.75) is 19.2 Å². The Balaban J connectivity index is 2.14. The summed E-state index contributed by atoms with van der Waals surface area (Å²) < 4.78 is 26.1. The average molecular weight is 305 g/mol. The van der Waals surface area contributed by atoms with Gasteiger partial charge in [0.1, 0.15) is 0 Å². The van der Waals surface area contributed by atoms with Crippen molar-refractivity contribution in [2.75, 3.05) is 12.8 Å². The van der Waals surface area contributed by atoms with Crippen molar-refractivity contribution in [3.63, 3.8) is 0 Å². The van der Waals surface area contributed by atoms with Gasteiger partial charge in [0.05, 0.1) is 18.0 Å². The van der Waals surface area contributed by atoms with Crippen molar-refractivity contribution < 1.29 is 8.42 Å². The molecule has 1 aromatic carbocycles. The van der Waals surface area contributed by atoms with Crippen LogP contribution >= 0.6 is 0 Å². The smallest absolute Gasteiger partial charge is 0.218 e. The maximum atomic E-state index is 12.4. The maximum absolute atomic E-state index is 12.4. The van der Waals surface area contributed by atoms with Gasteiger partial charge in [-0.1, -0.05) is 24.3 Å². The molecular weight excluding hydrogens is 286 g/mol. The number of nitrogen functional groups attached to an aromatic ring is 1. The molecule has 0 unspecified atom stereocenters. The summed E-state index contributed by atoms with van der Waals surface area (Å²) in [7, 11) is -1.88. The minimum atomic E-state index is -3.43. The maximum Gasteiger partial charge on any atom is 0.218 e. The van der Waals surface area contributed by atoms with Crippen LogP contribution in [0.3, 0.4) is 0 Å². The van der Waals surface area contributed by atoms with Gasteiger partial charge in [-0.2, -0.15) is 4.31 Å². The molecule has 2 N–H and O–H groups in total. The first-order valence-corrected chi connectivity index (χ1v) is 8.19. The molecule has 112 valence electrons. The van der Waals surface area contributed by atoms with E-state index in [0.29, 0.717) is 11.3 Å². The van der Waals surface area contributed by atoms with Gasteiger partial charge < -0.3 is 5.73 Å². The highest BCUT2D eigenvalue weighted by Crippen LogP contribution is 2.17. The Morgan fingerprint density at radius 3 is 2.52 bits per heavy atom. The standard InChI is InChI=1S/C15H19N3O2S/c1-12-6-5-8-14(17-12)10-18(2)21(19,20)11-13-7-3-4-9-15(13)16/h3-9H,10-11,16H2,1-2H3. The molecule has 1 aromatic heterocycles. The molecule has 0 bridgehead atoms. The number of sulfonamides is 1. The Hall–Kier alpha value is -1.92. The first-order valence-electron chi connectivity index (χ1n) is 6.58. The molecule has 0 radical (unpaired) electrons. The fourth-order valence-corrected chi connectivity index (χ4v) is 3.19. The van der Waals surface area contributed by atoms with E-state index in [1.165, 1.54) is 4.31 Å². The Morgan fingerprint density at radius 1 is 1.14 bits per heavy atom. The summed E-state index contributed by atoms with van der Waals surface area (Å²) in [5, 5.41) is 0. The molecule has 2 aromatic rings. The highest BCUT2D eigenvalue weighted by atomic mass is 32.2. The molecule has 0 aliphatic heterocycles. The molecule has 6 heteroatoms. The van der Waals surface area contributed by atoms with Crippen LogP contribution in [0.1, 0.15) is 17.0 Å². The molecule has 0 atom stereocenters. The van der Waals surface area contributed by atoms with Crippen LogP contribution in [0.5, 0.6) is 0 Å². The van der Waals surface area contributed by atoms with E-state index in [2.05, 4.69) is 4.98 Å². The predicted molar refractivity (Wildman–Crippen MR) is 83.9 cm³/mol. The van der Waals surface area contributed by atoms with Crippen LogP contribution < -0.4 is 5.73 Å². The minimum absolute atomic E-state index is 0.109. The van der Waals surface area contributed by atoms with Gasteiger partial charge in [0.15, 0.2) is 0 Å². The number of nitrogens with two attached hydrogens (primary N) is 1. The van der Waals surface area contributed by atoms with Crippen LogP contribution in [0.25, 0.3) is 0 Å². The van der Waals surface area contributed by atoms with E-state index in [9.17, 15) is 8.42 Å². The molecule has 1 heterocycles. The summed E-state index contributed by atoms with van der Waals surface area (Å²) in [6, 6.07) is 12.6. The number of aromatic nitrogens is 1. The largest absolute Gasteiger partial charge is 0.398 e. The summed E-state index contributed by atoms with van der Waals surface area (Å²) in [5.41, 5.74) is 8.50. The number of benzene rings is 1. The normalized spacial score (nSPS) is 11.8. The van der Waals surface area contributed by atoms with E-state index in [1.54, 1.807) is 31.3 Å². The third kappa shape index (κ3) is 4.03. The van der Waals surface area contributed by atoms with Crippen molar-refractivity contribution >= 4 is 15.7 Å². The molecule has 0 spiro atoms. The highest BCUT2D eigenvalue weighted by Gasteiger charge is 2.20. The molecule has 21 heavy (non-hydrogen) atoms. The van der Waals surface area contributed by atoms with Crippen LogP contribution in [0, 0.1) is 6.92 Å². The zero-order chi connectivity index (χ0) is 15.5. The minimum Gasteiger partial charge on any atom is -0.398 e. The molecule has 2 rings (SSSR count). The van der Waals surface area contributed by atoms with Gasteiger partial charge in [0.25, 0.3) is 0 Å².